The summed E-state index contributed by atoms with van der Waals surface area (Å²) < 4.78 is 5.52. The quantitative estimate of drug-likeness (QED) is 0.730. The molecular formula is C12H24N2O3. The van der Waals surface area contributed by atoms with Crippen LogP contribution < -0.4 is 5.32 Å². The number of rotatable bonds is 4. The van der Waals surface area contributed by atoms with Gasteiger partial charge >= 0.3 is 0 Å². The molecule has 5 nitrogen and oxygen atoms in total. The zero-order valence-corrected chi connectivity index (χ0v) is 11.2. The van der Waals surface area contributed by atoms with Gasteiger partial charge in [-0.1, -0.05) is 6.92 Å². The Morgan fingerprint density at radius 1 is 1.53 bits per heavy atom. The molecule has 2 unspecified atom stereocenters. The van der Waals surface area contributed by atoms with Crippen molar-refractivity contribution in [2.45, 2.75) is 45.4 Å². The number of aliphatic hydroxyl groups is 1. The van der Waals surface area contributed by atoms with Gasteiger partial charge in [0.05, 0.1) is 24.4 Å². The summed E-state index contributed by atoms with van der Waals surface area (Å²) in [5.41, 5.74) is -0.564. The maximum absolute atomic E-state index is 12.3. The number of carbonyl (C=O) groups excluding carboxylic acids is 1. The van der Waals surface area contributed by atoms with Crippen molar-refractivity contribution in [2.75, 3.05) is 26.2 Å². The van der Waals surface area contributed by atoms with Gasteiger partial charge < -0.3 is 20.1 Å². The van der Waals surface area contributed by atoms with Gasteiger partial charge in [-0.25, -0.2) is 0 Å². The Hall–Kier alpha value is -0.650. The molecule has 1 aliphatic heterocycles. The summed E-state index contributed by atoms with van der Waals surface area (Å²) in [6.45, 7) is 9.42. The average molecular weight is 244 g/mol. The molecule has 0 aromatic heterocycles. The molecular weight excluding hydrogens is 220 g/mol. The van der Waals surface area contributed by atoms with Crippen LogP contribution in [0.1, 0.15) is 27.7 Å². The van der Waals surface area contributed by atoms with Crippen LogP contribution in [0.3, 0.4) is 0 Å². The molecule has 0 spiro atoms. The molecule has 1 rings (SSSR count). The minimum atomic E-state index is -0.564. The minimum Gasteiger partial charge on any atom is -0.394 e. The van der Waals surface area contributed by atoms with Crippen LogP contribution in [0.4, 0.5) is 0 Å². The lowest BCUT2D eigenvalue weighted by molar-refractivity contribution is -0.152. The maximum atomic E-state index is 12.3. The molecule has 0 bridgehead atoms. The number of ether oxygens (including phenoxy) is 1. The molecule has 0 saturated carbocycles. The summed E-state index contributed by atoms with van der Waals surface area (Å²) in [5, 5.41) is 12.3. The van der Waals surface area contributed by atoms with Crippen LogP contribution in [-0.4, -0.2) is 59.9 Å². The van der Waals surface area contributed by atoms with Gasteiger partial charge in [0.2, 0.25) is 5.91 Å². The Morgan fingerprint density at radius 3 is 2.71 bits per heavy atom. The van der Waals surface area contributed by atoms with Gasteiger partial charge in [-0.05, 0) is 27.3 Å². The minimum absolute atomic E-state index is 0.0257. The van der Waals surface area contributed by atoms with Crippen LogP contribution >= 0.6 is 0 Å². The first-order chi connectivity index (χ1) is 7.90. The van der Waals surface area contributed by atoms with E-state index < -0.39 is 5.54 Å². The highest BCUT2D eigenvalue weighted by Gasteiger charge is 2.35. The first-order valence-electron chi connectivity index (χ1n) is 6.21. The van der Waals surface area contributed by atoms with Gasteiger partial charge in [-0.2, -0.15) is 0 Å². The zero-order valence-electron chi connectivity index (χ0n) is 11.2. The standard InChI is InChI=1S/C12H24N2O3/c1-5-13-12(3,4)11(16)14-6-9(2)17-10(7-14)8-15/h9-10,13,15H,5-8H2,1-4H3. The van der Waals surface area contributed by atoms with Gasteiger partial charge in [-0.15, -0.1) is 0 Å². The normalized spacial score (nSPS) is 26.1. The predicted octanol–water partition coefficient (Wildman–Crippen LogP) is -0.0173. The van der Waals surface area contributed by atoms with Crippen LogP contribution in [0.5, 0.6) is 0 Å². The molecule has 1 heterocycles. The Morgan fingerprint density at radius 2 is 2.18 bits per heavy atom. The third kappa shape index (κ3) is 3.66. The van der Waals surface area contributed by atoms with E-state index in [1.807, 2.05) is 27.7 Å². The summed E-state index contributed by atoms with van der Waals surface area (Å²) in [5.74, 6) is 0.0629. The SMILES string of the molecule is CCNC(C)(C)C(=O)N1CC(C)OC(CO)C1. The smallest absolute Gasteiger partial charge is 0.242 e. The molecule has 5 heteroatoms. The van der Waals surface area contributed by atoms with Crippen LogP contribution in [0, 0.1) is 0 Å². The fourth-order valence-electron chi connectivity index (χ4n) is 2.22. The molecule has 1 saturated heterocycles. The summed E-state index contributed by atoms with van der Waals surface area (Å²) in [4.78, 5) is 14.1. The summed E-state index contributed by atoms with van der Waals surface area (Å²) in [7, 11) is 0. The first-order valence-corrected chi connectivity index (χ1v) is 6.21. The average Bonchev–Trinajstić information content (AvgIpc) is 2.27. The summed E-state index contributed by atoms with van der Waals surface area (Å²) in [6.07, 6.45) is -0.289. The lowest BCUT2D eigenvalue weighted by atomic mass is 10.0. The Balaban J connectivity index is 2.68. The fraction of sp³-hybridized carbons (Fsp3) is 0.917. The van der Waals surface area contributed by atoms with Crippen molar-refractivity contribution in [2.24, 2.45) is 0 Å². The first kappa shape index (κ1) is 14.4. The third-order valence-corrected chi connectivity index (χ3v) is 2.97. The molecule has 2 N–H and O–H groups in total. The maximum Gasteiger partial charge on any atom is 0.242 e. The van der Waals surface area contributed by atoms with Crippen molar-refractivity contribution >= 4 is 5.91 Å². The molecule has 2 atom stereocenters. The molecule has 17 heavy (non-hydrogen) atoms. The van der Waals surface area contributed by atoms with Gasteiger partial charge in [0, 0.05) is 13.1 Å². The second kappa shape index (κ2) is 5.80. The van der Waals surface area contributed by atoms with E-state index in [9.17, 15) is 4.79 Å². The van der Waals surface area contributed by atoms with E-state index in [-0.39, 0.29) is 24.7 Å². The van der Waals surface area contributed by atoms with Crippen molar-refractivity contribution in [1.29, 1.82) is 0 Å². The Labute approximate surface area is 103 Å². The van der Waals surface area contributed by atoms with Crippen molar-refractivity contribution < 1.29 is 14.6 Å². The monoisotopic (exact) mass is 244 g/mol. The predicted molar refractivity (Wildman–Crippen MR) is 65.8 cm³/mol. The number of hydrogen-bond acceptors (Lipinski definition) is 4. The highest BCUT2D eigenvalue weighted by molar-refractivity contribution is 5.85. The lowest BCUT2D eigenvalue weighted by Gasteiger charge is -2.40. The second-order valence-electron chi connectivity index (χ2n) is 5.12. The number of aliphatic hydroxyl groups excluding tert-OH is 1. The van der Waals surface area contributed by atoms with Gasteiger partial charge in [0.15, 0.2) is 0 Å². The Kier molecular flexibility index (Phi) is 4.91. The highest BCUT2D eigenvalue weighted by atomic mass is 16.5. The van der Waals surface area contributed by atoms with E-state index in [1.54, 1.807) is 4.90 Å². The molecule has 1 fully saturated rings. The number of carbonyl (C=O) groups is 1. The topological polar surface area (TPSA) is 61.8 Å². The molecule has 0 aliphatic carbocycles. The van der Waals surface area contributed by atoms with Gasteiger partial charge in [0.1, 0.15) is 0 Å². The van der Waals surface area contributed by atoms with E-state index in [4.69, 9.17) is 9.84 Å². The number of hydrogen-bond donors (Lipinski definition) is 2. The van der Waals surface area contributed by atoms with E-state index in [2.05, 4.69) is 5.32 Å². The van der Waals surface area contributed by atoms with E-state index in [0.29, 0.717) is 13.1 Å². The molecule has 1 amide bonds. The number of nitrogens with zero attached hydrogens (tertiary/aromatic N) is 1. The van der Waals surface area contributed by atoms with Crippen LogP contribution in [0.15, 0.2) is 0 Å². The van der Waals surface area contributed by atoms with Crippen molar-refractivity contribution in [3.63, 3.8) is 0 Å². The molecule has 0 aromatic rings. The molecule has 100 valence electrons. The largest absolute Gasteiger partial charge is 0.394 e. The van der Waals surface area contributed by atoms with E-state index in [0.717, 1.165) is 6.54 Å². The number of nitrogens with one attached hydrogen (secondary N) is 1. The van der Waals surface area contributed by atoms with E-state index >= 15 is 0 Å². The van der Waals surface area contributed by atoms with Crippen LogP contribution in [0.2, 0.25) is 0 Å². The molecule has 0 aromatic carbocycles. The molecule has 0 radical (unpaired) electrons. The van der Waals surface area contributed by atoms with Crippen LogP contribution in [0.25, 0.3) is 0 Å². The van der Waals surface area contributed by atoms with Crippen molar-refractivity contribution in [3.05, 3.63) is 0 Å². The third-order valence-electron chi connectivity index (χ3n) is 2.97. The van der Waals surface area contributed by atoms with Crippen molar-refractivity contribution in [1.82, 2.24) is 10.2 Å². The fourth-order valence-corrected chi connectivity index (χ4v) is 2.22. The summed E-state index contributed by atoms with van der Waals surface area (Å²) >= 11 is 0. The number of morpholine rings is 1. The summed E-state index contributed by atoms with van der Waals surface area (Å²) in [6, 6.07) is 0. The Bertz CT molecular complexity index is 268. The molecule has 1 aliphatic rings. The van der Waals surface area contributed by atoms with Gasteiger partial charge in [-0.3, -0.25) is 4.79 Å². The number of likely N-dealkylation sites (N-methyl/N-ethyl adjacent to an activating group) is 1. The van der Waals surface area contributed by atoms with E-state index in [1.165, 1.54) is 0 Å². The van der Waals surface area contributed by atoms with Gasteiger partial charge in [0.25, 0.3) is 0 Å². The lowest BCUT2D eigenvalue weighted by Crippen LogP contribution is -2.59. The van der Waals surface area contributed by atoms with Crippen LogP contribution in [-0.2, 0) is 9.53 Å². The highest BCUT2D eigenvalue weighted by Crippen LogP contribution is 2.15. The second-order valence-corrected chi connectivity index (χ2v) is 5.12. The number of amides is 1. The zero-order chi connectivity index (χ0) is 13.1. The van der Waals surface area contributed by atoms with Crippen molar-refractivity contribution in [3.8, 4) is 0 Å².